The average Bonchev–Trinajstić information content (AvgIpc) is 3.01. The molecule has 0 aliphatic rings. The third-order valence-electron chi connectivity index (χ3n) is 2.85. The molecule has 102 valence electrons. The Morgan fingerprint density at radius 3 is 3.00 bits per heavy atom. The van der Waals surface area contributed by atoms with Crippen LogP contribution >= 0.6 is 0 Å². The third-order valence-corrected chi connectivity index (χ3v) is 2.85. The van der Waals surface area contributed by atoms with Crippen molar-refractivity contribution in [2.24, 2.45) is 7.05 Å². The van der Waals surface area contributed by atoms with Crippen LogP contribution in [0.5, 0.6) is 0 Å². The van der Waals surface area contributed by atoms with Crippen LogP contribution in [-0.4, -0.2) is 40.4 Å². The van der Waals surface area contributed by atoms with Crippen LogP contribution in [0.3, 0.4) is 0 Å². The lowest BCUT2D eigenvalue weighted by Crippen LogP contribution is -1.99. The van der Waals surface area contributed by atoms with Crippen molar-refractivity contribution in [1.29, 1.82) is 0 Å². The van der Waals surface area contributed by atoms with Gasteiger partial charge in [0, 0.05) is 31.4 Å². The van der Waals surface area contributed by atoms with Crippen molar-refractivity contribution in [3.05, 3.63) is 30.5 Å². The second-order valence-electron chi connectivity index (χ2n) is 4.37. The van der Waals surface area contributed by atoms with E-state index >= 15 is 0 Å². The monoisotopic (exact) mass is 272 g/mol. The number of rotatable bonds is 4. The van der Waals surface area contributed by atoms with Gasteiger partial charge in [0.25, 0.3) is 5.78 Å². The predicted molar refractivity (Wildman–Crippen MR) is 68.9 cm³/mol. The normalized spacial score (nSPS) is 11.1. The Kier molecular flexibility index (Phi) is 2.90. The summed E-state index contributed by atoms with van der Waals surface area (Å²) in [5.74, 6) is 0.0484. The molecule has 0 unspecified atom stereocenters. The van der Waals surface area contributed by atoms with Gasteiger partial charge >= 0.3 is 5.97 Å². The highest BCUT2D eigenvalue weighted by atomic mass is 16.4. The van der Waals surface area contributed by atoms with E-state index in [1.807, 2.05) is 19.3 Å². The zero-order valence-corrected chi connectivity index (χ0v) is 10.8. The SMILES string of the molecule is Cn1cc(-c2ccnc3nc(CCC(=O)O)nn23)cn1. The first-order valence-electron chi connectivity index (χ1n) is 6.05. The van der Waals surface area contributed by atoms with Crippen LogP contribution in [-0.2, 0) is 18.3 Å². The molecule has 3 heterocycles. The van der Waals surface area contributed by atoms with Crippen molar-refractivity contribution in [2.75, 3.05) is 0 Å². The first kappa shape index (κ1) is 12.3. The minimum atomic E-state index is -0.871. The molecule has 0 saturated carbocycles. The van der Waals surface area contributed by atoms with Gasteiger partial charge in [-0.2, -0.15) is 14.6 Å². The molecule has 0 saturated heterocycles. The van der Waals surface area contributed by atoms with E-state index in [4.69, 9.17) is 5.11 Å². The Bertz CT molecular complexity index is 775. The van der Waals surface area contributed by atoms with Gasteiger partial charge in [-0.25, -0.2) is 4.98 Å². The van der Waals surface area contributed by atoms with Crippen molar-refractivity contribution in [2.45, 2.75) is 12.8 Å². The number of aliphatic carboxylic acids is 1. The van der Waals surface area contributed by atoms with E-state index in [1.54, 1.807) is 21.6 Å². The number of carbonyl (C=O) groups is 1. The van der Waals surface area contributed by atoms with Crippen molar-refractivity contribution in [1.82, 2.24) is 29.4 Å². The molecule has 0 aliphatic heterocycles. The van der Waals surface area contributed by atoms with Crippen LogP contribution in [0.4, 0.5) is 0 Å². The number of carboxylic acid groups (broad SMARTS) is 1. The fourth-order valence-electron chi connectivity index (χ4n) is 1.93. The molecule has 8 heteroatoms. The number of fused-ring (bicyclic) bond motifs is 1. The Morgan fingerprint density at radius 1 is 1.45 bits per heavy atom. The fraction of sp³-hybridized carbons (Fsp3) is 0.250. The van der Waals surface area contributed by atoms with Gasteiger partial charge in [0.15, 0.2) is 5.82 Å². The highest BCUT2D eigenvalue weighted by molar-refractivity contribution is 5.67. The lowest BCUT2D eigenvalue weighted by Gasteiger charge is -1.99. The number of hydrogen-bond acceptors (Lipinski definition) is 5. The Hall–Kier alpha value is -2.77. The second-order valence-corrected chi connectivity index (χ2v) is 4.37. The van der Waals surface area contributed by atoms with E-state index in [2.05, 4.69) is 20.2 Å². The molecule has 0 spiro atoms. The Morgan fingerprint density at radius 2 is 2.30 bits per heavy atom. The van der Waals surface area contributed by atoms with Gasteiger partial charge in [-0.05, 0) is 6.07 Å². The van der Waals surface area contributed by atoms with Gasteiger partial charge in [0.1, 0.15) is 0 Å². The number of hydrogen-bond donors (Lipinski definition) is 1. The number of carboxylic acids is 1. The van der Waals surface area contributed by atoms with Gasteiger partial charge in [-0.3, -0.25) is 9.48 Å². The number of aryl methyl sites for hydroxylation is 2. The minimum absolute atomic E-state index is 0.000885. The summed E-state index contributed by atoms with van der Waals surface area (Å²) in [6.07, 6.45) is 5.53. The Balaban J connectivity index is 2.03. The molecule has 3 aromatic rings. The summed E-state index contributed by atoms with van der Waals surface area (Å²) in [5.41, 5.74) is 1.71. The molecule has 0 amide bonds. The third kappa shape index (κ3) is 2.22. The smallest absolute Gasteiger partial charge is 0.303 e. The van der Waals surface area contributed by atoms with Crippen molar-refractivity contribution in [3.8, 4) is 11.3 Å². The zero-order valence-electron chi connectivity index (χ0n) is 10.8. The van der Waals surface area contributed by atoms with Crippen LogP contribution in [0.25, 0.3) is 17.0 Å². The molecule has 0 bridgehead atoms. The van der Waals surface area contributed by atoms with Gasteiger partial charge in [0.05, 0.1) is 18.3 Å². The molecule has 3 aromatic heterocycles. The number of nitrogens with zero attached hydrogens (tertiary/aromatic N) is 6. The van der Waals surface area contributed by atoms with E-state index < -0.39 is 5.97 Å². The van der Waals surface area contributed by atoms with Gasteiger partial charge in [-0.15, -0.1) is 5.10 Å². The maximum absolute atomic E-state index is 10.6. The first-order valence-corrected chi connectivity index (χ1v) is 6.05. The molecular formula is C12H12N6O2. The lowest BCUT2D eigenvalue weighted by atomic mass is 10.2. The van der Waals surface area contributed by atoms with Crippen molar-refractivity contribution in [3.63, 3.8) is 0 Å². The molecule has 1 N–H and O–H groups in total. The van der Waals surface area contributed by atoms with Gasteiger partial charge < -0.3 is 5.11 Å². The van der Waals surface area contributed by atoms with Crippen LogP contribution in [0.15, 0.2) is 24.7 Å². The van der Waals surface area contributed by atoms with Crippen LogP contribution < -0.4 is 0 Å². The summed E-state index contributed by atoms with van der Waals surface area (Å²) in [6, 6.07) is 1.82. The largest absolute Gasteiger partial charge is 0.481 e. The maximum Gasteiger partial charge on any atom is 0.303 e. The average molecular weight is 272 g/mol. The molecule has 0 atom stereocenters. The summed E-state index contributed by atoms with van der Waals surface area (Å²) in [4.78, 5) is 19.0. The molecule has 20 heavy (non-hydrogen) atoms. The molecule has 3 rings (SSSR count). The molecule has 0 fully saturated rings. The van der Waals surface area contributed by atoms with Crippen molar-refractivity contribution >= 4 is 11.7 Å². The molecule has 8 nitrogen and oxygen atoms in total. The standard InChI is InChI=1S/C12H12N6O2/c1-17-7-8(6-14-17)9-4-5-13-12-15-10(16-18(9)12)2-3-11(19)20/h4-7H,2-3H2,1H3,(H,19,20). The predicted octanol–water partition coefficient (Wildman–Crippen LogP) is 0.542. The quantitative estimate of drug-likeness (QED) is 0.744. The molecular weight excluding hydrogens is 260 g/mol. The zero-order chi connectivity index (χ0) is 14.1. The highest BCUT2D eigenvalue weighted by Crippen LogP contribution is 2.18. The first-order chi connectivity index (χ1) is 9.63. The second kappa shape index (κ2) is 4.72. The van der Waals surface area contributed by atoms with Gasteiger partial charge in [0.2, 0.25) is 0 Å². The summed E-state index contributed by atoms with van der Waals surface area (Å²) >= 11 is 0. The summed E-state index contributed by atoms with van der Waals surface area (Å²) in [6.45, 7) is 0. The van der Waals surface area contributed by atoms with E-state index in [-0.39, 0.29) is 12.8 Å². The van der Waals surface area contributed by atoms with Crippen molar-refractivity contribution < 1.29 is 9.90 Å². The van der Waals surface area contributed by atoms with Crippen LogP contribution in [0.1, 0.15) is 12.2 Å². The summed E-state index contributed by atoms with van der Waals surface area (Å²) in [5, 5.41) is 17.1. The lowest BCUT2D eigenvalue weighted by molar-refractivity contribution is -0.137. The summed E-state index contributed by atoms with van der Waals surface area (Å²) in [7, 11) is 1.83. The molecule has 0 aliphatic carbocycles. The van der Waals surface area contributed by atoms with Crippen LogP contribution in [0, 0.1) is 0 Å². The van der Waals surface area contributed by atoms with Crippen LogP contribution in [0.2, 0.25) is 0 Å². The van der Waals surface area contributed by atoms with E-state index in [9.17, 15) is 4.79 Å². The molecule has 0 radical (unpaired) electrons. The molecule has 0 aromatic carbocycles. The summed E-state index contributed by atoms with van der Waals surface area (Å²) < 4.78 is 3.30. The number of aromatic nitrogens is 6. The minimum Gasteiger partial charge on any atom is -0.481 e. The highest BCUT2D eigenvalue weighted by Gasteiger charge is 2.11. The van der Waals surface area contributed by atoms with E-state index in [0.717, 1.165) is 11.3 Å². The Labute approximate surface area is 113 Å². The topological polar surface area (TPSA) is 98.2 Å². The maximum atomic E-state index is 10.6. The van der Waals surface area contributed by atoms with E-state index in [0.29, 0.717) is 11.6 Å². The van der Waals surface area contributed by atoms with E-state index in [1.165, 1.54) is 0 Å². The van der Waals surface area contributed by atoms with Gasteiger partial charge in [-0.1, -0.05) is 0 Å². The fourth-order valence-corrected chi connectivity index (χ4v) is 1.93.